The van der Waals surface area contributed by atoms with Crippen molar-refractivity contribution < 1.29 is 22.1 Å². The van der Waals surface area contributed by atoms with Crippen LogP contribution in [0.1, 0.15) is 5.56 Å². The van der Waals surface area contributed by atoms with E-state index in [0.717, 1.165) is 5.56 Å². The third-order valence-electron chi connectivity index (χ3n) is 1.69. The van der Waals surface area contributed by atoms with Gasteiger partial charge in [-0.25, -0.2) is 13.4 Å². The molecular weight excluding hydrogens is 234 g/mol. The van der Waals surface area contributed by atoms with Crippen molar-refractivity contribution in [2.45, 2.75) is 6.92 Å². The van der Waals surface area contributed by atoms with E-state index >= 15 is 0 Å². The summed E-state index contributed by atoms with van der Waals surface area (Å²) in [6, 6.07) is 4.22. The fourth-order valence-electron chi connectivity index (χ4n) is 1.06. The number of benzene rings is 1. The molecule has 0 unspecified atom stereocenters. The molecule has 0 atom stereocenters. The number of hydrogen-bond donors (Lipinski definition) is 3. The van der Waals surface area contributed by atoms with Crippen LogP contribution in [-0.2, 0) is 10.4 Å². The minimum absolute atomic E-state index is 0.0507. The molecule has 8 heteroatoms. The summed E-state index contributed by atoms with van der Waals surface area (Å²) in [6.07, 6.45) is 0. The largest absolute Gasteiger partial charge is 0.716 e. The summed E-state index contributed by atoms with van der Waals surface area (Å²) in [4.78, 5) is 2.59. The minimum Gasteiger partial charge on any atom is -0.716 e. The fourth-order valence-corrected chi connectivity index (χ4v) is 1.40. The van der Waals surface area contributed by atoms with Crippen molar-refractivity contribution >= 4 is 22.0 Å². The number of nitrogens with one attached hydrogen (secondary N) is 1. The lowest BCUT2D eigenvalue weighted by molar-refractivity contribution is -0.356. The summed E-state index contributed by atoms with van der Waals surface area (Å²) in [5.74, 6) is -0.158. The number of nitrogens with two attached hydrogens (primary N) is 2. The van der Waals surface area contributed by atoms with Gasteiger partial charge in [0.15, 0.2) is 0 Å². The lowest BCUT2D eigenvalue weighted by Gasteiger charge is -2.09. The molecule has 0 aliphatic heterocycles. The highest BCUT2D eigenvalue weighted by Gasteiger charge is 2.04. The van der Waals surface area contributed by atoms with Crippen LogP contribution in [0.15, 0.2) is 18.2 Å². The molecule has 0 amide bonds. The van der Waals surface area contributed by atoms with Gasteiger partial charge in [-0.15, -0.1) is 0 Å². The highest BCUT2D eigenvalue weighted by atomic mass is 32.3. The molecule has 16 heavy (non-hydrogen) atoms. The molecule has 0 heterocycles. The molecule has 1 aromatic rings. The maximum Gasteiger partial charge on any atom is 0.343 e. The van der Waals surface area contributed by atoms with E-state index in [9.17, 15) is 13.0 Å². The summed E-state index contributed by atoms with van der Waals surface area (Å²) in [5.41, 5.74) is 11.7. The average molecular weight is 245 g/mol. The standard InChI is InChI=1S/C8H11N3O4S/c1-5-2-3-6(15-16(12,13)14)4-7(5)11-8(9)10/h2-4H,1H3,(H4,9,10,11)(H,12,13,14). The second-order valence-electron chi connectivity index (χ2n) is 3.05. The van der Waals surface area contributed by atoms with E-state index in [2.05, 4.69) is 9.18 Å². The smallest absolute Gasteiger partial charge is 0.343 e. The zero-order valence-electron chi connectivity index (χ0n) is 8.43. The molecule has 1 aromatic carbocycles. The molecule has 0 spiro atoms. The van der Waals surface area contributed by atoms with E-state index in [0.29, 0.717) is 5.69 Å². The quantitative estimate of drug-likeness (QED) is 0.240. The second-order valence-corrected chi connectivity index (χ2v) is 4.03. The molecule has 0 saturated heterocycles. The summed E-state index contributed by atoms with van der Waals surface area (Å²) in [7, 11) is -4.78. The van der Waals surface area contributed by atoms with Crippen molar-refractivity contribution in [2.75, 3.05) is 0 Å². The lowest BCUT2D eigenvalue weighted by atomic mass is 10.2. The SMILES string of the molecule is Cc1ccc(OS(=O)(=O)[O-])cc1[NH+]=C(N)N. The van der Waals surface area contributed by atoms with Crippen LogP contribution in [0.25, 0.3) is 0 Å². The van der Waals surface area contributed by atoms with E-state index < -0.39 is 10.4 Å². The molecule has 1 rings (SSSR count). The number of aryl methyl sites for hydroxylation is 1. The van der Waals surface area contributed by atoms with Gasteiger partial charge in [0, 0.05) is 6.07 Å². The Hall–Kier alpha value is -1.80. The van der Waals surface area contributed by atoms with Gasteiger partial charge in [0.2, 0.25) is 0 Å². The van der Waals surface area contributed by atoms with E-state index in [-0.39, 0.29) is 11.7 Å². The summed E-state index contributed by atoms with van der Waals surface area (Å²) < 4.78 is 35.3. The highest BCUT2D eigenvalue weighted by molar-refractivity contribution is 7.81. The minimum atomic E-state index is -4.78. The average Bonchev–Trinajstić information content (AvgIpc) is 2.07. The first kappa shape index (κ1) is 12.3. The molecular formula is C8H11N3O4S. The summed E-state index contributed by atoms with van der Waals surface area (Å²) in [6.45, 7) is 1.75. The van der Waals surface area contributed by atoms with Crippen LogP contribution >= 0.6 is 0 Å². The maximum atomic E-state index is 10.4. The Morgan fingerprint density at radius 3 is 2.56 bits per heavy atom. The van der Waals surface area contributed by atoms with E-state index in [1.165, 1.54) is 12.1 Å². The van der Waals surface area contributed by atoms with Gasteiger partial charge in [-0.2, -0.15) is 0 Å². The molecule has 7 nitrogen and oxygen atoms in total. The van der Waals surface area contributed by atoms with Gasteiger partial charge in [-0.05, 0) is 18.6 Å². The van der Waals surface area contributed by atoms with Crippen LogP contribution < -0.4 is 20.6 Å². The van der Waals surface area contributed by atoms with Crippen LogP contribution in [0.3, 0.4) is 0 Å². The van der Waals surface area contributed by atoms with Gasteiger partial charge in [-0.1, -0.05) is 6.07 Å². The van der Waals surface area contributed by atoms with E-state index in [4.69, 9.17) is 11.5 Å². The first-order chi connectivity index (χ1) is 7.28. The third kappa shape index (κ3) is 3.75. The number of guanidine groups is 1. The van der Waals surface area contributed by atoms with Crippen LogP contribution in [-0.4, -0.2) is 18.9 Å². The van der Waals surface area contributed by atoms with Crippen LogP contribution in [0.5, 0.6) is 5.75 Å². The van der Waals surface area contributed by atoms with Crippen LogP contribution in [0.4, 0.5) is 5.69 Å². The normalized spacial score (nSPS) is 10.9. The second kappa shape index (κ2) is 4.37. The Labute approximate surface area is 92.7 Å². The van der Waals surface area contributed by atoms with Crippen molar-refractivity contribution in [3.63, 3.8) is 0 Å². The zero-order chi connectivity index (χ0) is 12.3. The van der Waals surface area contributed by atoms with Crippen molar-refractivity contribution in [3.8, 4) is 5.75 Å². The summed E-state index contributed by atoms with van der Waals surface area (Å²) in [5, 5.41) is 0. The topological polar surface area (TPSA) is 132 Å². The Morgan fingerprint density at radius 1 is 1.44 bits per heavy atom. The van der Waals surface area contributed by atoms with Crippen LogP contribution in [0, 0.1) is 6.92 Å². The molecule has 0 aliphatic carbocycles. The predicted octanol–water partition coefficient (Wildman–Crippen LogP) is -2.18. The van der Waals surface area contributed by atoms with Crippen molar-refractivity contribution in [2.24, 2.45) is 11.5 Å². The molecule has 88 valence electrons. The van der Waals surface area contributed by atoms with Crippen molar-refractivity contribution in [1.82, 2.24) is 0 Å². The fraction of sp³-hybridized carbons (Fsp3) is 0.125. The van der Waals surface area contributed by atoms with Gasteiger partial charge in [0.1, 0.15) is 11.4 Å². The maximum absolute atomic E-state index is 10.4. The monoisotopic (exact) mass is 245 g/mol. The molecule has 5 N–H and O–H groups in total. The highest BCUT2D eigenvalue weighted by Crippen LogP contribution is 2.18. The van der Waals surface area contributed by atoms with E-state index in [1.54, 1.807) is 13.0 Å². The predicted molar refractivity (Wildman–Crippen MR) is 55.5 cm³/mol. The van der Waals surface area contributed by atoms with Gasteiger partial charge in [0.05, 0.1) is 0 Å². The number of hydrogen-bond acceptors (Lipinski definition) is 4. The van der Waals surface area contributed by atoms with E-state index in [1.807, 2.05) is 0 Å². The molecule has 0 aliphatic rings. The Kier molecular flexibility index (Phi) is 3.35. The van der Waals surface area contributed by atoms with Gasteiger partial charge in [-0.3, -0.25) is 11.5 Å². The molecule has 0 bridgehead atoms. The molecule has 0 radical (unpaired) electrons. The molecule has 0 fully saturated rings. The zero-order valence-corrected chi connectivity index (χ0v) is 9.24. The van der Waals surface area contributed by atoms with Gasteiger partial charge >= 0.3 is 5.96 Å². The molecule has 0 aromatic heterocycles. The Balaban J connectivity index is 3.13. The van der Waals surface area contributed by atoms with Crippen molar-refractivity contribution in [3.05, 3.63) is 23.8 Å². The first-order valence-corrected chi connectivity index (χ1v) is 5.52. The number of rotatable bonds is 3. The van der Waals surface area contributed by atoms with Gasteiger partial charge < -0.3 is 8.74 Å². The third-order valence-corrected chi connectivity index (χ3v) is 2.08. The Bertz CT molecular complexity index is 520. The first-order valence-electron chi connectivity index (χ1n) is 4.19. The van der Waals surface area contributed by atoms with Crippen molar-refractivity contribution in [1.29, 1.82) is 0 Å². The lowest BCUT2D eigenvalue weighted by Crippen LogP contribution is -2.72. The van der Waals surface area contributed by atoms with Crippen LogP contribution in [0.2, 0.25) is 0 Å². The van der Waals surface area contributed by atoms with Gasteiger partial charge in [0.25, 0.3) is 10.4 Å². The Morgan fingerprint density at radius 2 is 2.06 bits per heavy atom. The summed E-state index contributed by atoms with van der Waals surface area (Å²) >= 11 is 0. The molecule has 0 saturated carbocycles.